The van der Waals surface area contributed by atoms with Crippen LogP contribution in [-0.4, -0.2) is 36.1 Å². The number of benzene rings is 1. The van der Waals surface area contributed by atoms with Gasteiger partial charge in [-0.15, -0.1) is 24.8 Å². The molecule has 126 valence electrons. The zero-order chi connectivity index (χ0) is 14.2. The summed E-state index contributed by atoms with van der Waals surface area (Å²) in [4.78, 5) is 7.29. The van der Waals surface area contributed by atoms with Crippen molar-refractivity contribution in [3.05, 3.63) is 41.6 Å². The first kappa shape index (κ1) is 18.5. The highest BCUT2D eigenvalue weighted by Gasteiger charge is 2.32. The summed E-state index contributed by atoms with van der Waals surface area (Å²) in [6.45, 7) is 8.08. The predicted octanol–water partition coefficient (Wildman–Crippen LogP) is 3.43. The lowest BCUT2D eigenvalue weighted by atomic mass is 9.88. The topological polar surface area (TPSA) is 28.2 Å². The van der Waals surface area contributed by atoms with Gasteiger partial charge in [0.2, 0.25) is 0 Å². The molecule has 2 aliphatic heterocycles. The lowest BCUT2D eigenvalue weighted by Gasteiger charge is -2.34. The smallest absolute Gasteiger partial charge is 0.0708 e. The summed E-state index contributed by atoms with van der Waals surface area (Å²) >= 11 is 0. The molecule has 1 aromatic carbocycles. The van der Waals surface area contributed by atoms with Gasteiger partial charge in [0.25, 0.3) is 0 Å². The van der Waals surface area contributed by atoms with E-state index < -0.39 is 0 Å². The quantitative estimate of drug-likeness (QED) is 0.896. The number of pyridine rings is 1. The minimum Gasteiger partial charge on any atom is -0.316 e. The van der Waals surface area contributed by atoms with Gasteiger partial charge < -0.3 is 5.32 Å². The van der Waals surface area contributed by atoms with Crippen molar-refractivity contribution in [3.8, 4) is 0 Å². The van der Waals surface area contributed by atoms with Gasteiger partial charge in [-0.3, -0.25) is 9.88 Å². The van der Waals surface area contributed by atoms with Crippen LogP contribution in [-0.2, 0) is 6.54 Å². The Morgan fingerprint density at radius 2 is 1.96 bits per heavy atom. The molecule has 5 heteroatoms. The molecule has 0 radical (unpaired) electrons. The zero-order valence-electron chi connectivity index (χ0n) is 13.5. The highest BCUT2D eigenvalue weighted by molar-refractivity contribution is 5.85. The van der Waals surface area contributed by atoms with Crippen LogP contribution in [0.1, 0.15) is 17.7 Å². The number of aromatic nitrogens is 1. The molecule has 3 nitrogen and oxygen atoms in total. The van der Waals surface area contributed by atoms with Gasteiger partial charge in [0.05, 0.1) is 5.52 Å². The van der Waals surface area contributed by atoms with E-state index in [1.54, 1.807) is 0 Å². The lowest BCUT2D eigenvalue weighted by molar-refractivity contribution is 0.142. The Morgan fingerprint density at radius 1 is 1.17 bits per heavy atom. The maximum atomic E-state index is 4.65. The predicted molar refractivity (Wildman–Crippen MR) is 101 cm³/mol. The van der Waals surface area contributed by atoms with Gasteiger partial charge in [0.1, 0.15) is 0 Å². The fourth-order valence-electron chi connectivity index (χ4n) is 4.02. The van der Waals surface area contributed by atoms with E-state index in [0.717, 1.165) is 29.6 Å². The second kappa shape index (κ2) is 7.80. The van der Waals surface area contributed by atoms with Gasteiger partial charge in [0, 0.05) is 24.2 Å². The summed E-state index contributed by atoms with van der Waals surface area (Å²) in [6, 6.07) is 10.8. The molecule has 0 spiro atoms. The molecule has 2 aliphatic rings. The van der Waals surface area contributed by atoms with E-state index in [1.807, 2.05) is 0 Å². The van der Waals surface area contributed by atoms with Crippen molar-refractivity contribution in [1.29, 1.82) is 0 Å². The van der Waals surface area contributed by atoms with Crippen LogP contribution in [0.2, 0.25) is 0 Å². The van der Waals surface area contributed by atoms with Gasteiger partial charge in [-0.2, -0.15) is 0 Å². The molecule has 2 aromatic rings. The molecule has 3 heterocycles. The van der Waals surface area contributed by atoms with Crippen LogP contribution < -0.4 is 5.32 Å². The van der Waals surface area contributed by atoms with Gasteiger partial charge in [0.15, 0.2) is 0 Å². The average molecular weight is 354 g/mol. The molecule has 0 saturated carbocycles. The maximum absolute atomic E-state index is 4.65. The standard InChI is InChI=1S/C18H23N3.2ClH/c1-13-8-15(17-4-2-3-5-18(17)20-13)11-21-7-6-14-9-19-10-16(14)12-21;;/h2-5,8,14,16,19H,6-7,9-12H2,1H3;2*1H. The number of likely N-dealkylation sites (tertiary alicyclic amines) is 1. The minimum atomic E-state index is 0. The van der Waals surface area contributed by atoms with Crippen molar-refractivity contribution in [3.63, 3.8) is 0 Å². The number of hydrogen-bond acceptors (Lipinski definition) is 3. The summed E-state index contributed by atoms with van der Waals surface area (Å²) in [5.74, 6) is 1.77. The normalized spacial score (nSPS) is 23.9. The summed E-state index contributed by atoms with van der Waals surface area (Å²) in [7, 11) is 0. The van der Waals surface area contributed by atoms with Crippen LogP contribution in [0, 0.1) is 18.8 Å². The molecule has 2 saturated heterocycles. The highest BCUT2D eigenvalue weighted by Crippen LogP contribution is 2.28. The molecule has 2 atom stereocenters. The van der Waals surface area contributed by atoms with E-state index >= 15 is 0 Å². The van der Waals surface area contributed by atoms with Crippen molar-refractivity contribution in [2.24, 2.45) is 11.8 Å². The Morgan fingerprint density at radius 3 is 2.83 bits per heavy atom. The van der Waals surface area contributed by atoms with E-state index in [0.29, 0.717) is 0 Å². The summed E-state index contributed by atoms with van der Waals surface area (Å²) in [5.41, 5.74) is 3.69. The van der Waals surface area contributed by atoms with Gasteiger partial charge in [-0.1, -0.05) is 18.2 Å². The van der Waals surface area contributed by atoms with E-state index in [9.17, 15) is 0 Å². The van der Waals surface area contributed by atoms with Gasteiger partial charge in [-0.05, 0) is 62.5 Å². The van der Waals surface area contributed by atoms with Crippen LogP contribution in [0.25, 0.3) is 10.9 Å². The van der Waals surface area contributed by atoms with Crippen molar-refractivity contribution in [1.82, 2.24) is 15.2 Å². The number of piperidine rings is 1. The summed E-state index contributed by atoms with van der Waals surface area (Å²) < 4.78 is 0. The van der Waals surface area contributed by atoms with E-state index in [1.165, 1.54) is 43.5 Å². The molecular weight excluding hydrogens is 329 g/mol. The second-order valence-corrected chi connectivity index (χ2v) is 6.64. The molecule has 1 aromatic heterocycles. The molecule has 4 rings (SSSR count). The Labute approximate surface area is 150 Å². The maximum Gasteiger partial charge on any atom is 0.0708 e. The first-order valence-corrected chi connectivity index (χ1v) is 8.08. The first-order chi connectivity index (χ1) is 10.3. The number of nitrogens with zero attached hydrogens (tertiary/aromatic N) is 2. The van der Waals surface area contributed by atoms with E-state index in [4.69, 9.17) is 0 Å². The van der Waals surface area contributed by atoms with Gasteiger partial charge >= 0.3 is 0 Å². The Hall–Kier alpha value is -0.870. The summed E-state index contributed by atoms with van der Waals surface area (Å²) in [6.07, 6.45) is 1.35. The Bertz CT molecular complexity index is 662. The highest BCUT2D eigenvalue weighted by atomic mass is 35.5. The van der Waals surface area contributed by atoms with Gasteiger partial charge in [-0.25, -0.2) is 0 Å². The molecular formula is C18H25Cl2N3. The van der Waals surface area contributed by atoms with Crippen molar-refractivity contribution in [2.45, 2.75) is 19.9 Å². The lowest BCUT2D eigenvalue weighted by Crippen LogP contribution is -2.39. The van der Waals surface area contributed by atoms with Crippen LogP contribution in [0.3, 0.4) is 0 Å². The largest absolute Gasteiger partial charge is 0.316 e. The molecule has 2 unspecified atom stereocenters. The second-order valence-electron chi connectivity index (χ2n) is 6.64. The number of halogens is 2. The fraction of sp³-hybridized carbons (Fsp3) is 0.500. The number of rotatable bonds is 2. The number of fused-ring (bicyclic) bond motifs is 2. The number of para-hydroxylation sites is 1. The molecule has 0 bridgehead atoms. The number of nitrogens with one attached hydrogen (secondary N) is 1. The fourth-order valence-corrected chi connectivity index (χ4v) is 4.02. The van der Waals surface area contributed by atoms with Crippen LogP contribution in [0.5, 0.6) is 0 Å². The molecule has 0 amide bonds. The first-order valence-electron chi connectivity index (χ1n) is 8.08. The Kier molecular flexibility index (Phi) is 6.26. The van der Waals surface area contributed by atoms with E-state index in [-0.39, 0.29) is 24.8 Å². The molecule has 0 aliphatic carbocycles. The molecule has 1 N–H and O–H groups in total. The number of hydrogen-bond donors (Lipinski definition) is 1. The molecule has 2 fully saturated rings. The zero-order valence-corrected chi connectivity index (χ0v) is 15.1. The minimum absolute atomic E-state index is 0. The summed E-state index contributed by atoms with van der Waals surface area (Å²) in [5, 5.41) is 4.87. The van der Waals surface area contributed by atoms with Crippen molar-refractivity contribution < 1.29 is 0 Å². The van der Waals surface area contributed by atoms with Crippen molar-refractivity contribution in [2.75, 3.05) is 26.2 Å². The number of aryl methyl sites for hydroxylation is 1. The molecule has 23 heavy (non-hydrogen) atoms. The third kappa shape index (κ3) is 3.80. The van der Waals surface area contributed by atoms with Crippen LogP contribution >= 0.6 is 24.8 Å². The monoisotopic (exact) mass is 353 g/mol. The SMILES string of the molecule is Cc1cc(CN2CCC3CNCC3C2)c2ccccc2n1.Cl.Cl. The van der Waals surface area contributed by atoms with Crippen LogP contribution in [0.15, 0.2) is 30.3 Å². The third-order valence-corrected chi connectivity index (χ3v) is 5.11. The Balaban J connectivity index is 0.000000960. The van der Waals surface area contributed by atoms with Crippen LogP contribution in [0.4, 0.5) is 0 Å². The van der Waals surface area contributed by atoms with E-state index in [2.05, 4.69) is 52.5 Å². The third-order valence-electron chi connectivity index (χ3n) is 5.11. The van der Waals surface area contributed by atoms with Crippen molar-refractivity contribution >= 4 is 35.7 Å². The average Bonchev–Trinajstić information content (AvgIpc) is 2.94.